The normalized spacial score (nSPS) is 16.6. The van der Waals surface area contributed by atoms with Crippen LogP contribution < -0.4 is 4.90 Å². The number of halogens is 1. The van der Waals surface area contributed by atoms with Crippen molar-refractivity contribution in [3.63, 3.8) is 0 Å². The minimum Gasteiger partial charge on any atom is -0.366 e. The van der Waals surface area contributed by atoms with E-state index in [4.69, 9.17) is 4.52 Å². The van der Waals surface area contributed by atoms with Gasteiger partial charge < -0.3 is 14.3 Å². The Morgan fingerprint density at radius 2 is 1.71 bits per heavy atom. The fourth-order valence-electron chi connectivity index (χ4n) is 4.06. The molecular weight excluding hydrogens is 439 g/mol. The first kappa shape index (κ1) is 21.7. The lowest BCUT2D eigenvalue weighted by Crippen LogP contribution is -2.51. The second-order valence-corrected chi connectivity index (χ2v) is 8.11. The quantitative estimate of drug-likeness (QED) is 0.578. The molecule has 0 bridgehead atoms. The highest BCUT2D eigenvalue weighted by Gasteiger charge is 2.29. The maximum absolute atomic E-state index is 14.1. The van der Waals surface area contributed by atoms with Gasteiger partial charge in [0.15, 0.2) is 0 Å². The number of anilines is 1. The number of nitrogens with zero attached hydrogens (tertiary/aromatic N) is 6. The molecule has 1 saturated heterocycles. The van der Waals surface area contributed by atoms with Crippen LogP contribution in [0.5, 0.6) is 0 Å². The number of benzene rings is 2. The number of amides is 2. The number of piperazine rings is 1. The van der Waals surface area contributed by atoms with Crippen LogP contribution in [0.3, 0.4) is 0 Å². The smallest absolute Gasteiger partial charge is 0.274 e. The van der Waals surface area contributed by atoms with Crippen LogP contribution in [-0.4, -0.2) is 70.3 Å². The third-order valence-electron chi connectivity index (χ3n) is 5.92. The molecule has 2 aromatic carbocycles. The van der Waals surface area contributed by atoms with Crippen LogP contribution in [0.2, 0.25) is 0 Å². The zero-order chi connectivity index (χ0) is 23.5. The summed E-state index contributed by atoms with van der Waals surface area (Å²) in [5, 5.41) is 9.52. The van der Waals surface area contributed by atoms with Crippen LogP contribution in [-0.2, 0) is 9.59 Å². The Kier molecular flexibility index (Phi) is 6.03. The van der Waals surface area contributed by atoms with Crippen molar-refractivity contribution >= 4 is 23.2 Å². The van der Waals surface area contributed by atoms with Gasteiger partial charge in [-0.1, -0.05) is 47.6 Å². The summed E-state index contributed by atoms with van der Waals surface area (Å²) < 4.78 is 19.4. The van der Waals surface area contributed by atoms with Crippen LogP contribution in [0.15, 0.2) is 64.2 Å². The minimum atomic E-state index is -0.278. The van der Waals surface area contributed by atoms with E-state index >= 15 is 0 Å². The molecule has 34 heavy (non-hydrogen) atoms. The molecule has 0 aliphatic carbocycles. The zero-order valence-electron chi connectivity index (χ0n) is 18.4. The molecule has 10 heteroatoms. The largest absolute Gasteiger partial charge is 0.366 e. The summed E-state index contributed by atoms with van der Waals surface area (Å²) in [4.78, 5) is 33.3. The van der Waals surface area contributed by atoms with Gasteiger partial charge in [0.2, 0.25) is 17.6 Å². The summed E-state index contributed by atoms with van der Waals surface area (Å²) in [7, 11) is 0. The Morgan fingerprint density at radius 3 is 2.47 bits per heavy atom. The molecule has 2 aliphatic heterocycles. The number of hydrazone groups is 1. The van der Waals surface area contributed by atoms with Crippen molar-refractivity contribution in [2.75, 3.05) is 37.6 Å². The molecule has 0 N–H and O–H groups in total. The van der Waals surface area contributed by atoms with E-state index in [0.29, 0.717) is 49.8 Å². The number of aromatic nitrogens is 2. The molecule has 3 aromatic rings. The first-order valence-corrected chi connectivity index (χ1v) is 11.1. The van der Waals surface area contributed by atoms with Crippen LogP contribution in [0, 0.1) is 5.82 Å². The lowest BCUT2D eigenvalue weighted by atomic mass is 10.1. The monoisotopic (exact) mass is 462 g/mol. The Bertz CT molecular complexity index is 1220. The van der Waals surface area contributed by atoms with Gasteiger partial charge in [0.1, 0.15) is 18.1 Å². The van der Waals surface area contributed by atoms with Gasteiger partial charge >= 0.3 is 0 Å². The van der Waals surface area contributed by atoms with Gasteiger partial charge in [-0.15, -0.1) is 0 Å². The second kappa shape index (κ2) is 9.42. The highest BCUT2D eigenvalue weighted by atomic mass is 19.1. The molecule has 0 radical (unpaired) electrons. The Morgan fingerprint density at radius 1 is 0.971 bits per heavy atom. The molecule has 3 heterocycles. The van der Waals surface area contributed by atoms with Crippen molar-refractivity contribution in [2.24, 2.45) is 5.10 Å². The average Bonchev–Trinajstić information content (AvgIpc) is 3.37. The Balaban J connectivity index is 1.23. The van der Waals surface area contributed by atoms with Gasteiger partial charge in [-0.2, -0.15) is 10.1 Å². The molecule has 0 spiro atoms. The highest BCUT2D eigenvalue weighted by Crippen LogP contribution is 2.21. The topological polar surface area (TPSA) is 95.1 Å². The summed E-state index contributed by atoms with van der Waals surface area (Å²) in [5.74, 6) is -0.0423. The third kappa shape index (κ3) is 4.52. The van der Waals surface area contributed by atoms with Gasteiger partial charge in [-0.3, -0.25) is 9.59 Å². The van der Waals surface area contributed by atoms with Crippen molar-refractivity contribution in [3.05, 3.63) is 66.3 Å². The number of rotatable bonds is 5. The van der Waals surface area contributed by atoms with Gasteiger partial charge in [0.25, 0.3) is 5.89 Å². The Hall–Kier alpha value is -4.08. The van der Waals surface area contributed by atoms with Crippen LogP contribution >= 0.6 is 0 Å². The van der Waals surface area contributed by atoms with Crippen molar-refractivity contribution in [1.29, 1.82) is 0 Å². The van der Waals surface area contributed by atoms with Crippen LogP contribution in [0.1, 0.15) is 18.7 Å². The predicted molar refractivity (Wildman–Crippen MR) is 122 cm³/mol. The third-order valence-corrected chi connectivity index (χ3v) is 5.92. The summed E-state index contributed by atoms with van der Waals surface area (Å²) in [6.45, 7) is 1.74. The van der Waals surface area contributed by atoms with E-state index in [-0.39, 0.29) is 36.5 Å². The molecule has 1 fully saturated rings. The van der Waals surface area contributed by atoms with Gasteiger partial charge in [0, 0.05) is 44.6 Å². The van der Waals surface area contributed by atoms with E-state index < -0.39 is 0 Å². The molecule has 0 atom stereocenters. The second-order valence-electron chi connectivity index (χ2n) is 8.11. The molecular formula is C24H23FN6O3. The van der Waals surface area contributed by atoms with Crippen molar-refractivity contribution < 1.29 is 18.5 Å². The van der Waals surface area contributed by atoms with Gasteiger partial charge in [0.05, 0.1) is 5.69 Å². The summed E-state index contributed by atoms with van der Waals surface area (Å²) in [5.41, 5.74) is 1.82. The summed E-state index contributed by atoms with van der Waals surface area (Å²) in [6, 6.07) is 16.0. The van der Waals surface area contributed by atoms with E-state index in [1.54, 1.807) is 23.1 Å². The highest BCUT2D eigenvalue weighted by molar-refractivity contribution is 6.01. The fourth-order valence-corrected chi connectivity index (χ4v) is 4.06. The molecule has 5 rings (SSSR count). The van der Waals surface area contributed by atoms with E-state index in [2.05, 4.69) is 15.2 Å². The zero-order valence-corrected chi connectivity index (χ0v) is 18.4. The first-order chi connectivity index (χ1) is 16.6. The fraction of sp³-hybridized carbons (Fsp3) is 0.292. The number of para-hydroxylation sites is 1. The van der Waals surface area contributed by atoms with Gasteiger partial charge in [-0.25, -0.2) is 9.40 Å². The van der Waals surface area contributed by atoms with E-state index in [1.807, 2.05) is 35.2 Å². The maximum Gasteiger partial charge on any atom is 0.274 e. The molecule has 0 unspecified atom stereocenters. The average molecular weight is 462 g/mol. The predicted octanol–water partition coefficient (Wildman–Crippen LogP) is 2.55. The SMILES string of the molecule is O=C(CN1N=C(c2nc(-c3ccccc3)no2)CCC1=O)N1CCN(c2ccccc2F)CC1. The summed E-state index contributed by atoms with van der Waals surface area (Å²) >= 11 is 0. The Labute approximate surface area is 195 Å². The lowest BCUT2D eigenvalue weighted by molar-refractivity contribution is -0.141. The van der Waals surface area contributed by atoms with E-state index in [0.717, 1.165) is 5.56 Å². The van der Waals surface area contributed by atoms with Crippen molar-refractivity contribution in [3.8, 4) is 11.4 Å². The van der Waals surface area contributed by atoms with Crippen LogP contribution in [0.25, 0.3) is 11.4 Å². The van der Waals surface area contributed by atoms with Crippen molar-refractivity contribution in [1.82, 2.24) is 20.0 Å². The molecule has 0 saturated carbocycles. The first-order valence-electron chi connectivity index (χ1n) is 11.1. The molecule has 2 amide bonds. The minimum absolute atomic E-state index is 0.165. The number of hydrogen-bond acceptors (Lipinski definition) is 7. The number of hydrogen-bond donors (Lipinski definition) is 0. The molecule has 9 nitrogen and oxygen atoms in total. The molecule has 2 aliphatic rings. The number of carbonyl (C=O) groups excluding carboxylic acids is 2. The van der Waals surface area contributed by atoms with E-state index in [1.165, 1.54) is 11.1 Å². The number of carbonyl (C=O) groups is 2. The molecule has 174 valence electrons. The van der Waals surface area contributed by atoms with Gasteiger partial charge in [-0.05, 0) is 12.1 Å². The van der Waals surface area contributed by atoms with Crippen LogP contribution in [0.4, 0.5) is 10.1 Å². The van der Waals surface area contributed by atoms with Crippen molar-refractivity contribution in [2.45, 2.75) is 12.8 Å². The lowest BCUT2D eigenvalue weighted by Gasteiger charge is -2.36. The molecule has 1 aromatic heterocycles. The standard InChI is InChI=1S/C24H23FN6O3/c25-18-8-4-5-9-20(18)29-12-14-30(15-13-29)22(33)16-31-21(32)11-10-19(27-31)24-26-23(28-34-24)17-6-2-1-3-7-17/h1-9H,10-16H2. The summed E-state index contributed by atoms with van der Waals surface area (Å²) in [6.07, 6.45) is 0.567. The maximum atomic E-state index is 14.1. The van der Waals surface area contributed by atoms with E-state index in [9.17, 15) is 14.0 Å².